The summed E-state index contributed by atoms with van der Waals surface area (Å²) in [5.74, 6) is -0.809. The van der Waals surface area contributed by atoms with Crippen molar-refractivity contribution in [2.45, 2.75) is 84.0 Å². The van der Waals surface area contributed by atoms with Gasteiger partial charge in [-0.3, -0.25) is 14.2 Å². The minimum atomic E-state index is -2.84. The number of hydrogen-bond acceptors (Lipinski definition) is 5. The maximum absolute atomic E-state index is 12.0. The zero-order chi connectivity index (χ0) is 23.7. The summed E-state index contributed by atoms with van der Waals surface area (Å²) in [6, 6.07) is 8.62. The van der Waals surface area contributed by atoms with E-state index in [0.717, 1.165) is 44.9 Å². The van der Waals surface area contributed by atoms with Crippen LogP contribution in [0.4, 0.5) is 0 Å². The van der Waals surface area contributed by atoms with Gasteiger partial charge in [-0.15, -0.1) is 0 Å². The zero-order valence-electron chi connectivity index (χ0n) is 20.2. The van der Waals surface area contributed by atoms with Gasteiger partial charge in [-0.1, -0.05) is 63.3 Å². The number of amides is 1. The molecule has 0 heterocycles. The highest BCUT2D eigenvalue weighted by Crippen LogP contribution is 2.47. The van der Waals surface area contributed by atoms with Crippen LogP contribution in [0, 0.1) is 0 Å². The predicted octanol–water partition coefficient (Wildman–Crippen LogP) is 5.86. The minimum Gasteiger partial charge on any atom is -0.350 e. The molecule has 1 rings (SSSR count). The smallest absolute Gasteiger partial charge is 0.330 e. The van der Waals surface area contributed by atoms with Crippen LogP contribution in [-0.2, 0) is 36.0 Å². The molecule has 0 atom stereocenters. The second kappa shape index (κ2) is 17.0. The molecule has 0 aliphatic carbocycles. The monoisotopic (exact) mass is 467 g/mol. The topological polar surface area (TPSA) is 81.7 Å². The predicted molar refractivity (Wildman–Crippen MR) is 130 cm³/mol. The summed E-state index contributed by atoms with van der Waals surface area (Å²) < 4.78 is 21.9. The molecule has 1 aromatic carbocycles. The van der Waals surface area contributed by atoms with Crippen LogP contribution in [0.3, 0.4) is 0 Å². The van der Waals surface area contributed by atoms with Crippen LogP contribution in [0.1, 0.15) is 82.3 Å². The van der Waals surface area contributed by atoms with E-state index >= 15 is 0 Å². The van der Waals surface area contributed by atoms with Gasteiger partial charge in [0.15, 0.2) is 0 Å². The van der Waals surface area contributed by atoms with Crippen molar-refractivity contribution >= 4 is 19.3 Å². The van der Waals surface area contributed by atoms with Gasteiger partial charge in [0.1, 0.15) is 0 Å². The third-order valence-corrected chi connectivity index (χ3v) is 7.76. The molecule has 0 aliphatic rings. The lowest BCUT2D eigenvalue weighted by Crippen LogP contribution is -2.31. The van der Waals surface area contributed by atoms with Crippen LogP contribution >= 0.6 is 7.60 Å². The molecule has 0 radical (unpaired) electrons. The number of unbranched alkanes of at least 4 members (excludes halogenated alkanes) is 7. The van der Waals surface area contributed by atoms with Gasteiger partial charge in [0.2, 0.25) is 5.78 Å². The Morgan fingerprint density at radius 1 is 0.812 bits per heavy atom. The average Bonchev–Trinajstić information content (AvgIpc) is 2.82. The SMILES string of the molecule is CCC(=O)C(=O)NCCCCc1ccccc1CCCCCCCCCP(=O)(OC)OC. The summed E-state index contributed by atoms with van der Waals surface area (Å²) in [4.78, 5) is 22.8. The molecule has 0 saturated carbocycles. The number of aryl methyl sites for hydroxylation is 2. The Morgan fingerprint density at radius 2 is 1.31 bits per heavy atom. The molecule has 182 valence electrons. The Labute approximate surface area is 194 Å². The van der Waals surface area contributed by atoms with Crippen molar-refractivity contribution in [2.24, 2.45) is 0 Å². The largest absolute Gasteiger partial charge is 0.350 e. The van der Waals surface area contributed by atoms with E-state index in [-0.39, 0.29) is 12.2 Å². The quantitative estimate of drug-likeness (QED) is 0.156. The molecule has 1 aromatic rings. The normalized spacial score (nSPS) is 11.5. The highest BCUT2D eigenvalue weighted by atomic mass is 31.2. The van der Waals surface area contributed by atoms with Gasteiger partial charge < -0.3 is 14.4 Å². The minimum absolute atomic E-state index is 0.255. The summed E-state index contributed by atoms with van der Waals surface area (Å²) in [6.45, 7) is 2.26. The van der Waals surface area contributed by atoms with Gasteiger partial charge in [-0.2, -0.15) is 0 Å². The molecule has 0 aromatic heterocycles. The van der Waals surface area contributed by atoms with Gasteiger partial charge in [0, 0.05) is 27.2 Å². The van der Waals surface area contributed by atoms with Gasteiger partial charge >= 0.3 is 7.60 Å². The lowest BCUT2D eigenvalue weighted by atomic mass is 9.97. The summed E-state index contributed by atoms with van der Waals surface area (Å²) in [5, 5.41) is 2.70. The van der Waals surface area contributed by atoms with Gasteiger partial charge in [-0.05, 0) is 49.7 Å². The summed E-state index contributed by atoms with van der Waals surface area (Å²) in [5.41, 5.74) is 2.82. The molecular formula is C25H42NO5P. The number of hydrogen-bond donors (Lipinski definition) is 1. The maximum atomic E-state index is 12.0. The van der Waals surface area contributed by atoms with E-state index in [1.807, 2.05) is 0 Å². The second-order valence-corrected chi connectivity index (χ2v) is 10.6. The van der Waals surface area contributed by atoms with Gasteiger partial charge in [0.05, 0.1) is 6.16 Å². The number of carbonyl (C=O) groups is 2. The highest BCUT2D eigenvalue weighted by molar-refractivity contribution is 7.53. The van der Waals surface area contributed by atoms with Crippen LogP contribution in [0.2, 0.25) is 0 Å². The van der Waals surface area contributed by atoms with Crippen molar-refractivity contribution in [3.8, 4) is 0 Å². The zero-order valence-corrected chi connectivity index (χ0v) is 21.1. The lowest BCUT2D eigenvalue weighted by Gasteiger charge is -2.12. The highest BCUT2D eigenvalue weighted by Gasteiger charge is 2.19. The summed E-state index contributed by atoms with van der Waals surface area (Å²) in [6.07, 6.45) is 12.7. The lowest BCUT2D eigenvalue weighted by molar-refractivity contribution is -0.137. The van der Waals surface area contributed by atoms with Crippen molar-refractivity contribution < 1.29 is 23.2 Å². The van der Waals surface area contributed by atoms with Crippen molar-refractivity contribution in [1.82, 2.24) is 5.32 Å². The first-order chi connectivity index (χ1) is 15.5. The molecule has 6 nitrogen and oxygen atoms in total. The second-order valence-electron chi connectivity index (χ2n) is 8.18. The Morgan fingerprint density at radius 3 is 1.84 bits per heavy atom. The van der Waals surface area contributed by atoms with Crippen LogP contribution in [0.5, 0.6) is 0 Å². The fraction of sp³-hybridized carbons (Fsp3) is 0.680. The van der Waals surface area contributed by atoms with E-state index in [1.165, 1.54) is 51.0 Å². The Balaban J connectivity index is 2.16. The summed E-state index contributed by atoms with van der Waals surface area (Å²) >= 11 is 0. The van der Waals surface area contributed by atoms with Crippen LogP contribution in [0.15, 0.2) is 24.3 Å². The fourth-order valence-electron chi connectivity index (χ4n) is 3.71. The van der Waals surface area contributed by atoms with E-state index in [4.69, 9.17) is 9.05 Å². The maximum Gasteiger partial charge on any atom is 0.330 e. The summed E-state index contributed by atoms with van der Waals surface area (Å²) in [7, 11) is 0.0476. The van der Waals surface area contributed by atoms with Crippen molar-refractivity contribution in [1.29, 1.82) is 0 Å². The van der Waals surface area contributed by atoms with E-state index < -0.39 is 13.5 Å². The molecule has 7 heteroatoms. The van der Waals surface area contributed by atoms with Crippen molar-refractivity contribution in [3.05, 3.63) is 35.4 Å². The Hall–Kier alpha value is -1.49. The molecule has 32 heavy (non-hydrogen) atoms. The number of rotatable bonds is 19. The number of Topliss-reactive ketones (excluding diaryl/α,β-unsaturated/α-hetero) is 1. The van der Waals surface area contributed by atoms with Crippen molar-refractivity contribution in [3.63, 3.8) is 0 Å². The Kier molecular flexibility index (Phi) is 15.2. The molecule has 1 N–H and O–H groups in total. The third-order valence-electron chi connectivity index (χ3n) is 5.79. The molecule has 0 saturated heterocycles. The number of benzene rings is 1. The Bertz CT molecular complexity index is 714. The molecule has 0 fully saturated rings. The van der Waals surface area contributed by atoms with Crippen molar-refractivity contribution in [2.75, 3.05) is 26.9 Å². The molecule has 0 spiro atoms. The standard InChI is InChI=1S/C25H42NO5P/c1-4-24(27)25(28)26-20-14-13-19-23-18-12-11-17-22(23)16-10-8-6-5-7-9-15-21-32(29,30-2)31-3/h11-12,17-18H,4-10,13-16,19-21H2,1-3H3,(H,26,28). The third kappa shape index (κ3) is 11.9. The molecule has 0 unspecified atom stereocenters. The first kappa shape index (κ1) is 28.5. The first-order valence-electron chi connectivity index (χ1n) is 12.0. The van der Waals surface area contributed by atoms with Crippen LogP contribution in [-0.4, -0.2) is 38.6 Å². The number of carbonyl (C=O) groups excluding carboxylic acids is 2. The number of nitrogens with one attached hydrogen (secondary N) is 1. The molecule has 1 amide bonds. The van der Waals surface area contributed by atoms with Crippen LogP contribution in [0.25, 0.3) is 0 Å². The van der Waals surface area contributed by atoms with Gasteiger partial charge in [-0.25, -0.2) is 0 Å². The average molecular weight is 468 g/mol. The van der Waals surface area contributed by atoms with E-state index in [2.05, 4.69) is 29.6 Å². The fourth-order valence-corrected chi connectivity index (χ4v) is 4.83. The number of ketones is 1. The van der Waals surface area contributed by atoms with E-state index in [9.17, 15) is 14.2 Å². The molecule has 0 bridgehead atoms. The first-order valence-corrected chi connectivity index (χ1v) is 13.8. The van der Waals surface area contributed by atoms with Gasteiger partial charge in [0.25, 0.3) is 5.91 Å². The van der Waals surface area contributed by atoms with E-state index in [1.54, 1.807) is 6.92 Å². The van der Waals surface area contributed by atoms with E-state index in [0.29, 0.717) is 12.7 Å². The van der Waals surface area contributed by atoms with Crippen LogP contribution < -0.4 is 5.32 Å². The molecular weight excluding hydrogens is 425 g/mol. The molecule has 0 aliphatic heterocycles.